The van der Waals surface area contributed by atoms with Crippen LogP contribution in [0.1, 0.15) is 41.3 Å². The van der Waals surface area contributed by atoms with Crippen molar-refractivity contribution in [2.24, 2.45) is 5.92 Å². The minimum Gasteiger partial charge on any atom is -0.388 e. The SMILES string of the molecule is O=Cc1cccc(C(O)C2CCC2)c1. The molecule has 1 fully saturated rings. The Balaban J connectivity index is 2.17. The monoisotopic (exact) mass is 190 g/mol. The first-order valence-electron chi connectivity index (χ1n) is 5.04. The fourth-order valence-corrected chi connectivity index (χ4v) is 1.84. The van der Waals surface area contributed by atoms with Crippen molar-refractivity contribution in [2.45, 2.75) is 25.4 Å². The number of carbonyl (C=O) groups excluding carboxylic acids is 1. The van der Waals surface area contributed by atoms with Gasteiger partial charge in [-0.2, -0.15) is 0 Å². The molecule has 2 rings (SSSR count). The van der Waals surface area contributed by atoms with E-state index in [0.29, 0.717) is 11.5 Å². The second-order valence-electron chi connectivity index (χ2n) is 3.92. The van der Waals surface area contributed by atoms with Crippen molar-refractivity contribution < 1.29 is 9.90 Å². The second-order valence-corrected chi connectivity index (χ2v) is 3.92. The van der Waals surface area contributed by atoms with Crippen LogP contribution < -0.4 is 0 Å². The minimum atomic E-state index is -0.386. The van der Waals surface area contributed by atoms with Crippen molar-refractivity contribution >= 4 is 6.29 Å². The summed E-state index contributed by atoms with van der Waals surface area (Å²) in [5.41, 5.74) is 1.51. The normalized spacial score (nSPS) is 18.6. The van der Waals surface area contributed by atoms with Crippen LogP contribution >= 0.6 is 0 Å². The summed E-state index contributed by atoms with van der Waals surface area (Å²) in [6.07, 6.45) is 3.86. The minimum absolute atomic E-state index is 0.386. The van der Waals surface area contributed by atoms with Gasteiger partial charge in [-0.25, -0.2) is 0 Å². The third kappa shape index (κ3) is 1.70. The van der Waals surface area contributed by atoms with Crippen LogP contribution in [-0.2, 0) is 0 Å². The summed E-state index contributed by atoms with van der Waals surface area (Å²) in [4.78, 5) is 10.6. The number of benzene rings is 1. The van der Waals surface area contributed by atoms with Gasteiger partial charge in [0.25, 0.3) is 0 Å². The highest BCUT2D eigenvalue weighted by molar-refractivity contribution is 5.74. The number of rotatable bonds is 3. The Kier molecular flexibility index (Phi) is 2.64. The molecule has 1 unspecified atom stereocenters. The van der Waals surface area contributed by atoms with E-state index >= 15 is 0 Å². The van der Waals surface area contributed by atoms with E-state index in [1.54, 1.807) is 12.1 Å². The fourth-order valence-electron chi connectivity index (χ4n) is 1.84. The number of hydrogen-bond acceptors (Lipinski definition) is 2. The summed E-state index contributed by atoms with van der Waals surface area (Å²) in [7, 11) is 0. The molecule has 0 saturated heterocycles. The van der Waals surface area contributed by atoms with Gasteiger partial charge < -0.3 is 5.11 Å². The summed E-state index contributed by atoms with van der Waals surface area (Å²) in [6, 6.07) is 7.23. The number of aliphatic hydroxyl groups excluding tert-OH is 1. The van der Waals surface area contributed by atoms with Gasteiger partial charge in [-0.3, -0.25) is 4.79 Å². The van der Waals surface area contributed by atoms with Crippen LogP contribution in [0.5, 0.6) is 0 Å². The fraction of sp³-hybridized carbons (Fsp3) is 0.417. The van der Waals surface area contributed by atoms with E-state index in [2.05, 4.69) is 0 Å². The maximum atomic E-state index is 10.6. The maximum absolute atomic E-state index is 10.6. The summed E-state index contributed by atoms with van der Waals surface area (Å²) in [5.74, 6) is 0.400. The van der Waals surface area contributed by atoms with Crippen LogP contribution in [0.3, 0.4) is 0 Å². The lowest BCUT2D eigenvalue weighted by molar-refractivity contribution is 0.0620. The van der Waals surface area contributed by atoms with Crippen molar-refractivity contribution in [3.8, 4) is 0 Å². The molecule has 0 aliphatic heterocycles. The highest BCUT2D eigenvalue weighted by Gasteiger charge is 2.26. The number of carbonyl (C=O) groups is 1. The lowest BCUT2D eigenvalue weighted by atomic mass is 9.78. The Morgan fingerprint density at radius 2 is 2.21 bits per heavy atom. The van der Waals surface area contributed by atoms with E-state index in [4.69, 9.17) is 0 Å². The molecule has 0 amide bonds. The molecule has 2 heteroatoms. The van der Waals surface area contributed by atoms with Gasteiger partial charge >= 0.3 is 0 Å². The molecule has 0 aromatic heterocycles. The van der Waals surface area contributed by atoms with Crippen molar-refractivity contribution in [1.82, 2.24) is 0 Å². The smallest absolute Gasteiger partial charge is 0.150 e. The van der Waals surface area contributed by atoms with Crippen LogP contribution in [0.15, 0.2) is 24.3 Å². The lowest BCUT2D eigenvalue weighted by Crippen LogP contribution is -2.19. The molecule has 74 valence electrons. The molecular formula is C12H14O2. The Bertz CT molecular complexity index is 329. The molecule has 1 aromatic rings. The molecular weight excluding hydrogens is 176 g/mol. The van der Waals surface area contributed by atoms with Crippen molar-refractivity contribution in [1.29, 1.82) is 0 Å². The Morgan fingerprint density at radius 1 is 1.43 bits per heavy atom. The number of aldehydes is 1. The van der Waals surface area contributed by atoms with Crippen LogP contribution in [0.25, 0.3) is 0 Å². The molecule has 2 nitrogen and oxygen atoms in total. The maximum Gasteiger partial charge on any atom is 0.150 e. The van der Waals surface area contributed by atoms with Crippen molar-refractivity contribution in [3.05, 3.63) is 35.4 Å². The van der Waals surface area contributed by atoms with Gasteiger partial charge in [-0.05, 0) is 30.4 Å². The van der Waals surface area contributed by atoms with Crippen molar-refractivity contribution in [2.75, 3.05) is 0 Å². The highest BCUT2D eigenvalue weighted by Crippen LogP contribution is 2.37. The molecule has 1 aliphatic rings. The first-order chi connectivity index (χ1) is 6.81. The van der Waals surface area contributed by atoms with E-state index in [1.165, 1.54) is 6.42 Å². The lowest BCUT2D eigenvalue weighted by Gasteiger charge is -2.30. The Morgan fingerprint density at radius 3 is 2.79 bits per heavy atom. The molecule has 1 N–H and O–H groups in total. The van der Waals surface area contributed by atoms with E-state index in [-0.39, 0.29) is 6.10 Å². The summed E-state index contributed by atoms with van der Waals surface area (Å²) < 4.78 is 0. The first-order valence-corrected chi connectivity index (χ1v) is 5.04. The van der Waals surface area contributed by atoms with Gasteiger partial charge in [0.2, 0.25) is 0 Å². The number of hydrogen-bond donors (Lipinski definition) is 1. The predicted molar refractivity (Wildman–Crippen MR) is 54.1 cm³/mol. The van der Waals surface area contributed by atoms with E-state index < -0.39 is 0 Å². The number of aliphatic hydroxyl groups is 1. The average molecular weight is 190 g/mol. The molecule has 0 bridgehead atoms. The summed E-state index contributed by atoms with van der Waals surface area (Å²) in [6.45, 7) is 0. The zero-order valence-corrected chi connectivity index (χ0v) is 8.02. The van der Waals surface area contributed by atoms with Gasteiger partial charge in [0.05, 0.1) is 6.10 Å². The topological polar surface area (TPSA) is 37.3 Å². The van der Waals surface area contributed by atoms with E-state index in [1.807, 2.05) is 12.1 Å². The molecule has 0 radical (unpaired) electrons. The molecule has 0 spiro atoms. The molecule has 1 aromatic carbocycles. The third-order valence-corrected chi connectivity index (χ3v) is 2.98. The standard InChI is InChI=1S/C12H14O2/c13-8-9-3-1-6-11(7-9)12(14)10-4-2-5-10/h1,3,6-8,10,12,14H,2,4-5H2. The summed E-state index contributed by atoms with van der Waals surface area (Å²) in [5, 5.41) is 9.94. The van der Waals surface area contributed by atoms with Crippen molar-refractivity contribution in [3.63, 3.8) is 0 Å². The third-order valence-electron chi connectivity index (χ3n) is 2.98. The van der Waals surface area contributed by atoms with Crippen LogP contribution in [0, 0.1) is 5.92 Å². The molecule has 14 heavy (non-hydrogen) atoms. The largest absolute Gasteiger partial charge is 0.388 e. The zero-order chi connectivity index (χ0) is 9.97. The predicted octanol–water partition coefficient (Wildman–Crippen LogP) is 2.33. The Hall–Kier alpha value is -1.15. The van der Waals surface area contributed by atoms with Gasteiger partial charge in [0, 0.05) is 5.56 Å². The van der Waals surface area contributed by atoms with E-state index in [9.17, 15) is 9.90 Å². The van der Waals surface area contributed by atoms with Crippen LogP contribution in [0.4, 0.5) is 0 Å². The zero-order valence-electron chi connectivity index (χ0n) is 8.02. The summed E-state index contributed by atoms with van der Waals surface area (Å²) >= 11 is 0. The van der Waals surface area contributed by atoms with E-state index in [0.717, 1.165) is 24.7 Å². The molecule has 1 atom stereocenters. The van der Waals surface area contributed by atoms with Crippen LogP contribution in [-0.4, -0.2) is 11.4 Å². The quantitative estimate of drug-likeness (QED) is 0.743. The highest BCUT2D eigenvalue weighted by atomic mass is 16.3. The molecule has 1 aliphatic carbocycles. The molecule has 0 heterocycles. The first kappa shape index (κ1) is 9.41. The van der Waals surface area contributed by atoms with Gasteiger partial charge in [0.15, 0.2) is 0 Å². The second kappa shape index (κ2) is 3.93. The van der Waals surface area contributed by atoms with Crippen LogP contribution in [0.2, 0.25) is 0 Å². The Labute approximate surface area is 83.6 Å². The average Bonchev–Trinajstić information content (AvgIpc) is 2.15. The van der Waals surface area contributed by atoms with Gasteiger partial charge in [0.1, 0.15) is 6.29 Å². The molecule has 1 saturated carbocycles. The van der Waals surface area contributed by atoms with Gasteiger partial charge in [-0.1, -0.05) is 24.6 Å². The van der Waals surface area contributed by atoms with Gasteiger partial charge in [-0.15, -0.1) is 0 Å².